The molecule has 0 aliphatic heterocycles. The number of ether oxygens (including phenoxy) is 3. The minimum atomic E-state index is -0.803. The summed E-state index contributed by atoms with van der Waals surface area (Å²) in [6.07, 6.45) is 57.5. The van der Waals surface area contributed by atoms with Crippen LogP contribution < -0.4 is 0 Å². The first kappa shape index (κ1) is 54.9. The predicted molar refractivity (Wildman–Crippen MR) is 247 cm³/mol. The van der Waals surface area contributed by atoms with Gasteiger partial charge in [-0.25, -0.2) is 0 Å². The molecule has 58 heavy (non-hydrogen) atoms. The second-order valence-corrected chi connectivity index (χ2v) is 15.6. The molecule has 0 heterocycles. The highest BCUT2D eigenvalue weighted by Gasteiger charge is 2.19. The van der Waals surface area contributed by atoms with E-state index in [9.17, 15) is 14.4 Å². The number of unbranched alkanes of at least 4 members (excludes halogenated alkanes) is 19. The lowest BCUT2D eigenvalue weighted by molar-refractivity contribution is -0.166. The van der Waals surface area contributed by atoms with Gasteiger partial charge in [-0.3, -0.25) is 14.4 Å². The Labute approximate surface area is 357 Å². The maximum Gasteiger partial charge on any atom is 0.306 e. The summed E-state index contributed by atoms with van der Waals surface area (Å²) in [6, 6.07) is 0. The number of hydrogen-bond donors (Lipinski definition) is 0. The molecule has 0 bridgehead atoms. The Morgan fingerprint density at radius 1 is 0.362 bits per heavy atom. The zero-order valence-corrected chi connectivity index (χ0v) is 37.8. The summed E-state index contributed by atoms with van der Waals surface area (Å²) in [5, 5.41) is 0. The molecule has 0 fully saturated rings. The van der Waals surface area contributed by atoms with Crippen LogP contribution in [0.1, 0.15) is 220 Å². The summed E-state index contributed by atoms with van der Waals surface area (Å²) in [5.41, 5.74) is 0. The molecule has 6 nitrogen and oxygen atoms in total. The van der Waals surface area contributed by atoms with Gasteiger partial charge in [0.05, 0.1) is 0 Å². The van der Waals surface area contributed by atoms with Crippen LogP contribution in [0.15, 0.2) is 72.9 Å². The molecule has 0 saturated heterocycles. The molecule has 1 unspecified atom stereocenters. The molecule has 0 N–H and O–H groups in total. The van der Waals surface area contributed by atoms with Crippen molar-refractivity contribution in [2.75, 3.05) is 13.2 Å². The Balaban J connectivity index is 4.47. The van der Waals surface area contributed by atoms with Gasteiger partial charge in [0, 0.05) is 19.3 Å². The summed E-state index contributed by atoms with van der Waals surface area (Å²) in [4.78, 5) is 37.7. The topological polar surface area (TPSA) is 78.9 Å². The Kier molecular flexibility index (Phi) is 44.0. The highest BCUT2D eigenvalue weighted by Crippen LogP contribution is 2.14. The first-order valence-electron chi connectivity index (χ1n) is 23.9. The Morgan fingerprint density at radius 2 is 0.707 bits per heavy atom. The quantitative estimate of drug-likeness (QED) is 0.0264. The Bertz CT molecular complexity index is 1110. The van der Waals surface area contributed by atoms with Crippen molar-refractivity contribution in [2.24, 2.45) is 0 Å². The van der Waals surface area contributed by atoms with E-state index in [4.69, 9.17) is 14.2 Å². The minimum absolute atomic E-state index is 0.0991. The standard InChI is InChI=1S/C52H88O6/c1-4-7-10-13-16-19-21-23-25-27-28-30-33-36-39-42-45-51(54)57-48-49(47-56-50(53)44-41-38-35-32-18-15-12-9-6-3)58-52(55)46-43-40-37-34-31-29-26-24-22-20-17-14-11-8-5-2/h7,10,16,19-20,22-23,25,28,30,36,39,49H,4-6,8-9,11-15,17-18,21,24,26-27,29,31-35,37-38,40-48H2,1-3H3/b10-7-,19-16-,22-20-,25-23-,30-28-,39-36-. The maximum atomic E-state index is 12.7. The second kappa shape index (κ2) is 46.5. The van der Waals surface area contributed by atoms with Crippen LogP contribution in [0, 0.1) is 0 Å². The van der Waals surface area contributed by atoms with Crippen LogP contribution in [0.4, 0.5) is 0 Å². The molecule has 0 spiro atoms. The summed E-state index contributed by atoms with van der Waals surface area (Å²) in [7, 11) is 0. The van der Waals surface area contributed by atoms with Crippen molar-refractivity contribution in [3.05, 3.63) is 72.9 Å². The van der Waals surface area contributed by atoms with Gasteiger partial charge in [0.15, 0.2) is 6.10 Å². The Hall–Kier alpha value is -3.15. The van der Waals surface area contributed by atoms with Crippen molar-refractivity contribution in [1.82, 2.24) is 0 Å². The van der Waals surface area contributed by atoms with Gasteiger partial charge in [-0.15, -0.1) is 0 Å². The molecule has 0 rings (SSSR count). The number of allylic oxidation sites excluding steroid dienone is 12. The van der Waals surface area contributed by atoms with Crippen molar-refractivity contribution >= 4 is 17.9 Å². The van der Waals surface area contributed by atoms with Crippen molar-refractivity contribution in [1.29, 1.82) is 0 Å². The number of rotatable bonds is 42. The van der Waals surface area contributed by atoms with Crippen LogP contribution >= 0.6 is 0 Å². The van der Waals surface area contributed by atoms with E-state index in [0.29, 0.717) is 19.3 Å². The van der Waals surface area contributed by atoms with Crippen LogP contribution in [-0.4, -0.2) is 37.2 Å². The SMILES string of the molecule is CC/C=C\C/C=C\C/C=C\C/C=C\C/C=C\CCC(=O)OCC(COC(=O)CCCCCCCCCCC)OC(=O)CCCCCCCCC/C=C\CCCCCC. The number of carbonyl (C=O) groups is 3. The van der Waals surface area contributed by atoms with Gasteiger partial charge in [0.2, 0.25) is 0 Å². The van der Waals surface area contributed by atoms with Crippen molar-refractivity contribution in [2.45, 2.75) is 226 Å². The van der Waals surface area contributed by atoms with E-state index in [2.05, 4.69) is 81.5 Å². The van der Waals surface area contributed by atoms with Gasteiger partial charge in [0.25, 0.3) is 0 Å². The molecule has 0 aliphatic carbocycles. The summed E-state index contributed by atoms with van der Waals surface area (Å²) >= 11 is 0. The van der Waals surface area contributed by atoms with Gasteiger partial charge in [-0.2, -0.15) is 0 Å². The van der Waals surface area contributed by atoms with Crippen LogP contribution in [-0.2, 0) is 28.6 Å². The van der Waals surface area contributed by atoms with E-state index in [-0.39, 0.29) is 37.5 Å². The summed E-state index contributed by atoms with van der Waals surface area (Å²) in [5.74, 6) is -0.996. The molecule has 332 valence electrons. The molecular weight excluding hydrogens is 721 g/mol. The van der Waals surface area contributed by atoms with Crippen LogP contribution in [0.2, 0.25) is 0 Å². The molecule has 0 amide bonds. The summed E-state index contributed by atoms with van der Waals surface area (Å²) < 4.78 is 16.6. The lowest BCUT2D eigenvalue weighted by Gasteiger charge is -2.18. The Morgan fingerprint density at radius 3 is 1.17 bits per heavy atom. The molecule has 0 aromatic rings. The maximum absolute atomic E-state index is 12.7. The van der Waals surface area contributed by atoms with Gasteiger partial charge < -0.3 is 14.2 Å². The largest absolute Gasteiger partial charge is 0.462 e. The monoisotopic (exact) mass is 809 g/mol. The molecule has 0 saturated carbocycles. The third-order valence-corrected chi connectivity index (χ3v) is 9.96. The number of hydrogen-bond acceptors (Lipinski definition) is 6. The van der Waals surface area contributed by atoms with Gasteiger partial charge in [0.1, 0.15) is 13.2 Å². The molecule has 0 radical (unpaired) electrons. The van der Waals surface area contributed by atoms with Crippen LogP contribution in [0.3, 0.4) is 0 Å². The van der Waals surface area contributed by atoms with Crippen molar-refractivity contribution in [3.63, 3.8) is 0 Å². The average molecular weight is 809 g/mol. The average Bonchev–Trinajstić information content (AvgIpc) is 3.22. The highest BCUT2D eigenvalue weighted by molar-refractivity contribution is 5.71. The molecule has 0 aromatic heterocycles. The fourth-order valence-corrected chi connectivity index (χ4v) is 6.37. The molecular formula is C52H88O6. The second-order valence-electron chi connectivity index (χ2n) is 15.6. The summed E-state index contributed by atoms with van der Waals surface area (Å²) in [6.45, 7) is 6.41. The lowest BCUT2D eigenvalue weighted by Crippen LogP contribution is -2.30. The molecule has 0 aromatic carbocycles. The first-order valence-corrected chi connectivity index (χ1v) is 23.9. The molecule has 1 atom stereocenters. The van der Waals surface area contributed by atoms with Crippen LogP contribution in [0.25, 0.3) is 0 Å². The minimum Gasteiger partial charge on any atom is -0.462 e. The number of carbonyl (C=O) groups excluding carboxylic acids is 3. The van der Waals surface area contributed by atoms with Crippen molar-refractivity contribution < 1.29 is 28.6 Å². The number of esters is 3. The smallest absolute Gasteiger partial charge is 0.306 e. The van der Waals surface area contributed by atoms with Crippen LogP contribution in [0.5, 0.6) is 0 Å². The van der Waals surface area contributed by atoms with E-state index in [1.807, 2.05) is 12.2 Å². The molecule has 6 heteroatoms. The predicted octanol–water partition coefficient (Wildman–Crippen LogP) is 15.5. The van der Waals surface area contributed by atoms with Gasteiger partial charge >= 0.3 is 17.9 Å². The van der Waals surface area contributed by atoms with Gasteiger partial charge in [-0.05, 0) is 77.0 Å². The first-order chi connectivity index (χ1) is 28.5. The fraction of sp³-hybridized carbons (Fsp3) is 0.712. The lowest BCUT2D eigenvalue weighted by atomic mass is 10.1. The van der Waals surface area contributed by atoms with Crippen molar-refractivity contribution in [3.8, 4) is 0 Å². The normalized spacial score (nSPS) is 12.7. The van der Waals surface area contributed by atoms with E-state index < -0.39 is 6.10 Å². The zero-order chi connectivity index (χ0) is 42.3. The zero-order valence-electron chi connectivity index (χ0n) is 37.8. The fourth-order valence-electron chi connectivity index (χ4n) is 6.37. The van der Waals surface area contributed by atoms with E-state index in [0.717, 1.165) is 70.6 Å². The van der Waals surface area contributed by atoms with E-state index in [1.54, 1.807) is 0 Å². The highest BCUT2D eigenvalue weighted by atomic mass is 16.6. The third-order valence-electron chi connectivity index (χ3n) is 9.96. The molecule has 0 aliphatic rings. The van der Waals surface area contributed by atoms with Gasteiger partial charge in [-0.1, -0.05) is 196 Å². The third kappa shape index (κ3) is 44.0. The van der Waals surface area contributed by atoms with E-state index in [1.165, 1.54) is 103 Å². The van der Waals surface area contributed by atoms with E-state index >= 15 is 0 Å².